The van der Waals surface area contributed by atoms with E-state index in [0.717, 1.165) is 33.9 Å². The Labute approximate surface area is 188 Å². The average Bonchev–Trinajstić information content (AvgIpc) is 2.78. The topological polar surface area (TPSA) is 27.3 Å². The molecule has 0 saturated carbocycles. The lowest BCUT2D eigenvalue weighted by Crippen LogP contribution is -2.29. The van der Waals surface area contributed by atoms with Gasteiger partial charge in [-0.05, 0) is 43.7 Å². The molecule has 0 fully saturated rings. The van der Waals surface area contributed by atoms with E-state index in [1.807, 2.05) is 39.2 Å². The standard InChI is InChI=1S/C26H29N3.C2H6/c1-18-7-12-23(13-8-18)26(21(4)28-25-15-9-19(2)10-16-25)29(6)22(5)24-14-11-20(3)27-17-24;1-2/h7-17,26-28H,3-5H2,1-2,6H3;1-2H3. The van der Waals surface area contributed by atoms with Gasteiger partial charge in [-0.2, -0.15) is 0 Å². The molecule has 2 aromatic carbocycles. The predicted octanol–water partition coefficient (Wildman–Crippen LogP) is 7.00. The number of hydrogen-bond acceptors (Lipinski definition) is 3. The van der Waals surface area contributed by atoms with Crippen LogP contribution in [0.2, 0.25) is 0 Å². The van der Waals surface area contributed by atoms with Crippen LogP contribution < -0.4 is 10.6 Å². The lowest BCUT2D eigenvalue weighted by Gasteiger charge is -2.34. The third kappa shape index (κ3) is 6.26. The molecule has 162 valence electrons. The summed E-state index contributed by atoms with van der Waals surface area (Å²) >= 11 is 0. The molecule has 0 amide bonds. The number of nitrogens with zero attached hydrogens (tertiary/aromatic N) is 1. The molecule has 3 heteroatoms. The van der Waals surface area contributed by atoms with Gasteiger partial charge in [0, 0.05) is 41.6 Å². The lowest BCUT2D eigenvalue weighted by atomic mass is 9.99. The van der Waals surface area contributed by atoms with Gasteiger partial charge in [-0.25, -0.2) is 0 Å². The highest BCUT2D eigenvalue weighted by Gasteiger charge is 2.23. The first kappa shape index (κ1) is 23.8. The van der Waals surface area contributed by atoms with Gasteiger partial charge in [0.1, 0.15) is 0 Å². The Morgan fingerprint density at radius 2 is 1.45 bits per heavy atom. The Morgan fingerprint density at radius 1 is 0.903 bits per heavy atom. The summed E-state index contributed by atoms with van der Waals surface area (Å²) in [6.45, 7) is 20.8. The fourth-order valence-electron chi connectivity index (χ4n) is 3.29. The second-order valence-corrected chi connectivity index (χ2v) is 7.49. The van der Waals surface area contributed by atoms with Crippen molar-refractivity contribution in [1.29, 1.82) is 0 Å². The third-order valence-corrected chi connectivity index (χ3v) is 5.10. The van der Waals surface area contributed by atoms with Gasteiger partial charge in [-0.15, -0.1) is 0 Å². The van der Waals surface area contributed by atoms with Crippen LogP contribution in [0.15, 0.2) is 109 Å². The van der Waals surface area contributed by atoms with Crippen LogP contribution in [0, 0.1) is 13.8 Å². The van der Waals surface area contributed by atoms with Gasteiger partial charge in [0.05, 0.1) is 6.04 Å². The number of anilines is 1. The molecule has 0 aliphatic carbocycles. The van der Waals surface area contributed by atoms with Gasteiger partial charge in [-0.1, -0.05) is 81.1 Å². The van der Waals surface area contributed by atoms with E-state index in [9.17, 15) is 0 Å². The summed E-state index contributed by atoms with van der Waals surface area (Å²) in [6.07, 6.45) is 5.91. The molecule has 0 bridgehead atoms. The zero-order valence-electron chi connectivity index (χ0n) is 19.5. The van der Waals surface area contributed by atoms with Crippen LogP contribution in [0.3, 0.4) is 0 Å². The van der Waals surface area contributed by atoms with Crippen molar-refractivity contribution < 1.29 is 0 Å². The Hall–Kier alpha value is -3.46. The highest BCUT2D eigenvalue weighted by molar-refractivity contribution is 5.52. The highest BCUT2D eigenvalue weighted by atomic mass is 15.2. The summed E-state index contributed by atoms with van der Waals surface area (Å²) in [5.74, 6) is 0. The molecule has 1 aliphatic heterocycles. The van der Waals surface area contributed by atoms with Crippen LogP contribution in [0.4, 0.5) is 5.69 Å². The summed E-state index contributed by atoms with van der Waals surface area (Å²) in [6, 6.07) is 16.8. The van der Waals surface area contributed by atoms with Gasteiger partial charge in [-0.3, -0.25) is 0 Å². The monoisotopic (exact) mass is 413 g/mol. The molecule has 3 nitrogen and oxygen atoms in total. The molecule has 31 heavy (non-hydrogen) atoms. The van der Waals surface area contributed by atoms with Crippen LogP contribution in [-0.4, -0.2) is 11.9 Å². The minimum atomic E-state index is -0.0798. The van der Waals surface area contributed by atoms with E-state index in [1.54, 1.807) is 0 Å². The number of nitrogens with one attached hydrogen (secondary N) is 2. The average molecular weight is 414 g/mol. The van der Waals surface area contributed by atoms with E-state index in [-0.39, 0.29) is 6.04 Å². The lowest BCUT2D eigenvalue weighted by molar-refractivity contribution is 0.357. The molecule has 1 heterocycles. The van der Waals surface area contributed by atoms with Crippen LogP contribution in [0.25, 0.3) is 0 Å². The predicted molar refractivity (Wildman–Crippen MR) is 136 cm³/mol. The maximum atomic E-state index is 4.37. The van der Waals surface area contributed by atoms with Crippen LogP contribution in [0.1, 0.15) is 36.6 Å². The highest BCUT2D eigenvalue weighted by Crippen LogP contribution is 2.32. The number of likely N-dealkylation sites (N-methyl/N-ethyl adjacent to an activating group) is 1. The molecule has 3 rings (SSSR count). The molecule has 1 aliphatic rings. The molecule has 1 unspecified atom stereocenters. The number of aryl methyl sites for hydroxylation is 2. The molecule has 2 N–H and O–H groups in total. The van der Waals surface area contributed by atoms with Crippen molar-refractivity contribution >= 4 is 5.69 Å². The van der Waals surface area contributed by atoms with E-state index in [1.165, 1.54) is 11.1 Å². The number of hydrogen-bond donors (Lipinski definition) is 2. The summed E-state index contributed by atoms with van der Waals surface area (Å²) in [5, 5.41) is 6.64. The van der Waals surface area contributed by atoms with E-state index in [4.69, 9.17) is 0 Å². The first-order valence-corrected chi connectivity index (χ1v) is 10.7. The van der Waals surface area contributed by atoms with Crippen LogP contribution in [-0.2, 0) is 0 Å². The minimum absolute atomic E-state index is 0.0798. The maximum absolute atomic E-state index is 4.37. The third-order valence-electron chi connectivity index (χ3n) is 5.10. The number of rotatable bonds is 7. The largest absolute Gasteiger partial charge is 0.362 e. The van der Waals surface area contributed by atoms with Crippen LogP contribution >= 0.6 is 0 Å². The molecule has 0 saturated heterocycles. The van der Waals surface area contributed by atoms with E-state index in [2.05, 4.69) is 97.6 Å². The van der Waals surface area contributed by atoms with E-state index < -0.39 is 0 Å². The quantitative estimate of drug-likeness (QED) is 0.512. The zero-order valence-corrected chi connectivity index (χ0v) is 19.5. The smallest absolute Gasteiger partial charge is 0.0935 e. The van der Waals surface area contributed by atoms with Gasteiger partial charge < -0.3 is 15.5 Å². The van der Waals surface area contributed by atoms with Gasteiger partial charge >= 0.3 is 0 Å². The summed E-state index contributed by atoms with van der Waals surface area (Å²) in [4.78, 5) is 2.15. The van der Waals surface area contributed by atoms with Crippen molar-refractivity contribution in [2.24, 2.45) is 0 Å². The Bertz CT molecular complexity index is 976. The fraction of sp³-hybridized carbons (Fsp3) is 0.214. The second-order valence-electron chi connectivity index (χ2n) is 7.49. The summed E-state index contributed by atoms with van der Waals surface area (Å²) in [7, 11) is 2.05. The molecule has 2 aromatic rings. The zero-order chi connectivity index (χ0) is 23.0. The summed E-state index contributed by atoms with van der Waals surface area (Å²) in [5.41, 5.74) is 8.30. The first-order chi connectivity index (χ1) is 14.8. The van der Waals surface area contributed by atoms with Gasteiger partial charge in [0.2, 0.25) is 0 Å². The van der Waals surface area contributed by atoms with E-state index in [0.29, 0.717) is 0 Å². The van der Waals surface area contributed by atoms with Crippen molar-refractivity contribution in [1.82, 2.24) is 10.2 Å². The molecular weight excluding hydrogens is 378 g/mol. The number of allylic oxidation sites excluding steroid dienone is 2. The Balaban J connectivity index is 0.00000166. The number of benzene rings is 2. The van der Waals surface area contributed by atoms with Crippen molar-refractivity contribution in [3.8, 4) is 0 Å². The van der Waals surface area contributed by atoms with Crippen molar-refractivity contribution in [3.63, 3.8) is 0 Å². The number of dihydropyridines is 1. The van der Waals surface area contributed by atoms with Crippen molar-refractivity contribution in [3.05, 3.63) is 126 Å². The van der Waals surface area contributed by atoms with Gasteiger partial charge in [0.25, 0.3) is 0 Å². The molecule has 0 radical (unpaired) electrons. The van der Waals surface area contributed by atoms with Crippen molar-refractivity contribution in [2.45, 2.75) is 33.7 Å². The SMILES string of the molecule is C=C1C=CC(C(=C)N(C)C(C(=C)Nc2ccc(C)cc2)c2ccc(C)cc2)=CN1.CC. The molecule has 0 spiro atoms. The fourth-order valence-corrected chi connectivity index (χ4v) is 3.29. The molecule has 0 aromatic heterocycles. The maximum Gasteiger partial charge on any atom is 0.0935 e. The minimum Gasteiger partial charge on any atom is -0.362 e. The normalized spacial score (nSPS) is 13.2. The van der Waals surface area contributed by atoms with Gasteiger partial charge in [0.15, 0.2) is 0 Å². The van der Waals surface area contributed by atoms with Crippen molar-refractivity contribution in [2.75, 3.05) is 12.4 Å². The van der Waals surface area contributed by atoms with E-state index >= 15 is 0 Å². The van der Waals surface area contributed by atoms with Crippen LogP contribution in [0.5, 0.6) is 0 Å². The molecule has 1 atom stereocenters. The summed E-state index contributed by atoms with van der Waals surface area (Å²) < 4.78 is 0. The Morgan fingerprint density at radius 3 is 1.97 bits per heavy atom. The first-order valence-electron chi connectivity index (χ1n) is 10.7. The second kappa shape index (κ2) is 11.1. The molecular formula is C28H35N3. The Kier molecular flexibility index (Phi) is 8.51.